The van der Waals surface area contributed by atoms with E-state index in [4.69, 9.17) is 23.2 Å². The quantitative estimate of drug-likeness (QED) is 0.757. The number of carbonyl (C=O) groups excluding carboxylic acids is 1. The largest absolute Gasteiger partial charge is 0.339 e. The highest BCUT2D eigenvalue weighted by atomic mass is 35.5. The molecule has 0 bridgehead atoms. The fourth-order valence-electron chi connectivity index (χ4n) is 1.96. The van der Waals surface area contributed by atoms with Crippen LogP contribution in [0.25, 0.3) is 6.08 Å². The molecular formula is C14H14Cl2FNO. The molecule has 0 unspecified atom stereocenters. The number of likely N-dealkylation sites (tertiary alicyclic amines) is 1. The summed E-state index contributed by atoms with van der Waals surface area (Å²) in [5, 5.41) is 0.935. The van der Waals surface area contributed by atoms with E-state index < -0.39 is 6.17 Å². The predicted molar refractivity (Wildman–Crippen MR) is 76.2 cm³/mol. The first-order valence-corrected chi connectivity index (χ1v) is 6.88. The SMILES string of the molecule is O=C(/C=C/c1ccc(Cl)c(Cl)c1)N1CCC(F)CC1. The minimum absolute atomic E-state index is 0.0991. The number of carbonyl (C=O) groups is 1. The van der Waals surface area contributed by atoms with Crippen LogP contribution < -0.4 is 0 Å². The summed E-state index contributed by atoms with van der Waals surface area (Å²) in [5.74, 6) is -0.0991. The van der Waals surface area contributed by atoms with Crippen molar-refractivity contribution < 1.29 is 9.18 Å². The third-order valence-corrected chi connectivity index (χ3v) is 3.84. The summed E-state index contributed by atoms with van der Waals surface area (Å²) in [7, 11) is 0. The number of nitrogens with zero attached hydrogens (tertiary/aromatic N) is 1. The molecule has 0 saturated carbocycles. The summed E-state index contributed by atoms with van der Waals surface area (Å²) in [6.45, 7) is 0.956. The van der Waals surface area contributed by atoms with Crippen LogP contribution in [0, 0.1) is 0 Å². The number of amides is 1. The molecule has 1 aliphatic heterocycles. The van der Waals surface area contributed by atoms with Crippen molar-refractivity contribution in [3.05, 3.63) is 39.9 Å². The summed E-state index contributed by atoms with van der Waals surface area (Å²) in [6, 6.07) is 5.16. The number of benzene rings is 1. The molecule has 1 aliphatic rings. The van der Waals surface area contributed by atoms with E-state index in [0.29, 0.717) is 36.0 Å². The fraction of sp³-hybridized carbons (Fsp3) is 0.357. The molecule has 1 aromatic rings. The summed E-state index contributed by atoms with van der Waals surface area (Å²) in [6.07, 6.45) is 3.24. The number of hydrogen-bond acceptors (Lipinski definition) is 1. The van der Waals surface area contributed by atoms with Gasteiger partial charge in [0.15, 0.2) is 0 Å². The second kappa shape index (κ2) is 6.40. The number of piperidine rings is 1. The molecule has 1 fully saturated rings. The monoisotopic (exact) mass is 301 g/mol. The van der Waals surface area contributed by atoms with E-state index in [-0.39, 0.29) is 5.91 Å². The Labute approximate surface area is 121 Å². The zero-order valence-corrected chi connectivity index (χ0v) is 11.8. The smallest absolute Gasteiger partial charge is 0.246 e. The second-order valence-corrected chi connectivity index (χ2v) is 5.32. The third-order valence-electron chi connectivity index (χ3n) is 3.10. The topological polar surface area (TPSA) is 20.3 Å². The Morgan fingerprint density at radius 3 is 2.58 bits per heavy atom. The lowest BCUT2D eigenvalue weighted by Gasteiger charge is -2.27. The molecule has 102 valence electrons. The second-order valence-electron chi connectivity index (χ2n) is 4.51. The highest BCUT2D eigenvalue weighted by Gasteiger charge is 2.20. The summed E-state index contributed by atoms with van der Waals surface area (Å²) in [4.78, 5) is 13.5. The average molecular weight is 302 g/mol. The van der Waals surface area contributed by atoms with Gasteiger partial charge < -0.3 is 4.90 Å². The van der Waals surface area contributed by atoms with Crippen LogP contribution in [0.5, 0.6) is 0 Å². The zero-order chi connectivity index (χ0) is 13.8. The van der Waals surface area contributed by atoms with E-state index in [9.17, 15) is 9.18 Å². The van der Waals surface area contributed by atoms with Gasteiger partial charge in [-0.05, 0) is 36.6 Å². The Morgan fingerprint density at radius 1 is 1.26 bits per heavy atom. The Balaban J connectivity index is 1.98. The molecule has 0 atom stereocenters. The standard InChI is InChI=1S/C14H14Cl2FNO/c15-12-3-1-10(9-13(12)16)2-4-14(19)18-7-5-11(17)6-8-18/h1-4,9,11H,5-8H2/b4-2+. The summed E-state index contributed by atoms with van der Waals surface area (Å²) >= 11 is 11.7. The van der Waals surface area contributed by atoms with E-state index in [0.717, 1.165) is 5.56 Å². The number of halogens is 3. The Bertz CT molecular complexity index is 496. The van der Waals surface area contributed by atoms with Gasteiger partial charge in [-0.3, -0.25) is 4.79 Å². The fourth-order valence-corrected chi connectivity index (χ4v) is 2.26. The molecule has 2 rings (SSSR count). The van der Waals surface area contributed by atoms with Gasteiger partial charge in [-0.25, -0.2) is 4.39 Å². The molecule has 1 heterocycles. The van der Waals surface area contributed by atoms with E-state index in [1.54, 1.807) is 29.2 Å². The summed E-state index contributed by atoms with van der Waals surface area (Å²) < 4.78 is 13.0. The van der Waals surface area contributed by atoms with E-state index >= 15 is 0 Å². The first kappa shape index (κ1) is 14.4. The maximum absolute atomic E-state index is 13.0. The Morgan fingerprint density at radius 2 is 1.95 bits per heavy atom. The minimum Gasteiger partial charge on any atom is -0.339 e. The molecule has 19 heavy (non-hydrogen) atoms. The van der Waals surface area contributed by atoms with E-state index in [2.05, 4.69) is 0 Å². The molecule has 1 saturated heterocycles. The van der Waals surface area contributed by atoms with Crippen molar-refractivity contribution in [2.24, 2.45) is 0 Å². The van der Waals surface area contributed by atoms with Gasteiger partial charge in [0.1, 0.15) is 6.17 Å². The van der Waals surface area contributed by atoms with Gasteiger partial charge in [0.25, 0.3) is 0 Å². The maximum Gasteiger partial charge on any atom is 0.246 e. The van der Waals surface area contributed by atoms with Gasteiger partial charge in [-0.1, -0.05) is 29.3 Å². The van der Waals surface area contributed by atoms with Gasteiger partial charge in [0.2, 0.25) is 5.91 Å². The maximum atomic E-state index is 13.0. The van der Waals surface area contributed by atoms with Crippen molar-refractivity contribution in [1.82, 2.24) is 4.90 Å². The molecule has 0 aromatic heterocycles. The van der Waals surface area contributed by atoms with Gasteiger partial charge in [0, 0.05) is 19.2 Å². The normalized spacial score (nSPS) is 17.1. The van der Waals surface area contributed by atoms with Crippen molar-refractivity contribution in [2.45, 2.75) is 19.0 Å². The molecule has 1 amide bonds. The molecule has 0 N–H and O–H groups in total. The van der Waals surface area contributed by atoms with Crippen LogP contribution in [0.1, 0.15) is 18.4 Å². The third kappa shape index (κ3) is 3.95. The lowest BCUT2D eigenvalue weighted by atomic mass is 10.1. The lowest BCUT2D eigenvalue weighted by Crippen LogP contribution is -2.38. The molecule has 1 aromatic carbocycles. The van der Waals surface area contributed by atoms with E-state index in [1.165, 1.54) is 6.08 Å². The van der Waals surface area contributed by atoms with Crippen LogP contribution in [-0.2, 0) is 4.79 Å². The lowest BCUT2D eigenvalue weighted by molar-refractivity contribution is -0.127. The van der Waals surface area contributed by atoms with Crippen molar-refractivity contribution >= 4 is 35.2 Å². The Hall–Kier alpha value is -1.06. The van der Waals surface area contributed by atoms with Crippen LogP contribution >= 0.6 is 23.2 Å². The highest BCUT2D eigenvalue weighted by molar-refractivity contribution is 6.42. The van der Waals surface area contributed by atoms with Crippen molar-refractivity contribution in [1.29, 1.82) is 0 Å². The van der Waals surface area contributed by atoms with Crippen LogP contribution in [0.4, 0.5) is 4.39 Å². The number of hydrogen-bond donors (Lipinski definition) is 0. The molecule has 0 spiro atoms. The first-order chi connectivity index (χ1) is 9.06. The van der Waals surface area contributed by atoms with Crippen molar-refractivity contribution in [3.8, 4) is 0 Å². The van der Waals surface area contributed by atoms with Crippen LogP contribution in [-0.4, -0.2) is 30.1 Å². The predicted octanol–water partition coefficient (Wildman–Crippen LogP) is 3.97. The summed E-state index contributed by atoms with van der Waals surface area (Å²) in [5.41, 5.74) is 0.808. The first-order valence-electron chi connectivity index (χ1n) is 6.12. The van der Waals surface area contributed by atoms with Crippen LogP contribution in [0.2, 0.25) is 10.0 Å². The molecular weight excluding hydrogens is 288 g/mol. The zero-order valence-electron chi connectivity index (χ0n) is 10.3. The van der Waals surface area contributed by atoms with Crippen molar-refractivity contribution in [3.63, 3.8) is 0 Å². The van der Waals surface area contributed by atoms with Gasteiger partial charge in [-0.15, -0.1) is 0 Å². The van der Waals surface area contributed by atoms with Gasteiger partial charge >= 0.3 is 0 Å². The van der Waals surface area contributed by atoms with Crippen molar-refractivity contribution in [2.75, 3.05) is 13.1 Å². The average Bonchev–Trinajstić information content (AvgIpc) is 2.40. The highest BCUT2D eigenvalue weighted by Crippen LogP contribution is 2.23. The molecule has 5 heteroatoms. The van der Waals surface area contributed by atoms with Crippen LogP contribution in [0.15, 0.2) is 24.3 Å². The van der Waals surface area contributed by atoms with Gasteiger partial charge in [-0.2, -0.15) is 0 Å². The molecule has 0 radical (unpaired) electrons. The number of rotatable bonds is 2. The number of alkyl halides is 1. The molecule has 2 nitrogen and oxygen atoms in total. The van der Waals surface area contributed by atoms with Crippen LogP contribution in [0.3, 0.4) is 0 Å². The van der Waals surface area contributed by atoms with E-state index in [1.807, 2.05) is 0 Å². The molecule has 0 aliphatic carbocycles. The van der Waals surface area contributed by atoms with Gasteiger partial charge in [0.05, 0.1) is 10.0 Å². The Kier molecular flexibility index (Phi) is 4.83. The minimum atomic E-state index is -0.775.